The number of para-hydroxylation sites is 1. The smallest absolute Gasteiger partial charge is 0.354 e. The number of benzene rings is 1. The Kier molecular flexibility index (Phi) is 3.76. The minimum Gasteiger partial charge on any atom is -0.477 e. The SMILES string of the molecule is CSC1(CNc2cc(C(=O)O)nc3ccccc23)CCC1. The van der Waals surface area contributed by atoms with E-state index in [2.05, 4.69) is 16.6 Å². The van der Waals surface area contributed by atoms with E-state index in [1.54, 1.807) is 6.07 Å². The number of carboxylic acid groups (broad SMARTS) is 1. The Labute approximate surface area is 128 Å². The molecule has 5 heteroatoms. The Bertz CT molecular complexity index is 678. The molecule has 0 amide bonds. The third-order valence-corrected chi connectivity index (χ3v) is 5.65. The number of hydrogen-bond acceptors (Lipinski definition) is 4. The average Bonchev–Trinajstić information content (AvgIpc) is 2.46. The number of thioether (sulfide) groups is 1. The summed E-state index contributed by atoms with van der Waals surface area (Å²) in [5.74, 6) is -0.993. The summed E-state index contributed by atoms with van der Waals surface area (Å²) in [5, 5.41) is 13.6. The molecule has 1 heterocycles. The van der Waals surface area contributed by atoms with Crippen molar-refractivity contribution in [1.82, 2.24) is 4.98 Å². The average molecular weight is 302 g/mol. The maximum Gasteiger partial charge on any atom is 0.354 e. The second-order valence-corrected chi connectivity index (χ2v) is 6.75. The van der Waals surface area contributed by atoms with Gasteiger partial charge in [0.05, 0.1) is 5.52 Å². The molecule has 0 saturated heterocycles. The molecular formula is C16H18N2O2S. The second-order valence-electron chi connectivity index (χ2n) is 5.47. The summed E-state index contributed by atoms with van der Waals surface area (Å²) < 4.78 is 0.299. The van der Waals surface area contributed by atoms with Gasteiger partial charge < -0.3 is 10.4 Å². The lowest BCUT2D eigenvalue weighted by atomic mass is 9.84. The standard InChI is InChI=1S/C16H18N2O2S/c1-21-16(7-4-8-16)10-17-13-9-14(15(19)20)18-12-6-3-2-5-11(12)13/h2-3,5-6,9H,4,7-8,10H2,1H3,(H,17,18)(H,19,20). The third-order valence-electron chi connectivity index (χ3n) is 4.23. The number of anilines is 1. The molecule has 0 spiro atoms. The van der Waals surface area contributed by atoms with Crippen molar-refractivity contribution in [1.29, 1.82) is 0 Å². The van der Waals surface area contributed by atoms with E-state index in [0.29, 0.717) is 10.3 Å². The lowest BCUT2D eigenvalue weighted by Gasteiger charge is -2.40. The molecule has 1 aromatic heterocycles. The minimum absolute atomic E-state index is 0.0861. The van der Waals surface area contributed by atoms with Crippen LogP contribution in [0.1, 0.15) is 29.8 Å². The maximum absolute atomic E-state index is 11.2. The van der Waals surface area contributed by atoms with Gasteiger partial charge in [-0.15, -0.1) is 0 Å². The van der Waals surface area contributed by atoms with Crippen molar-refractivity contribution in [3.05, 3.63) is 36.0 Å². The van der Waals surface area contributed by atoms with Crippen molar-refractivity contribution in [3.8, 4) is 0 Å². The fourth-order valence-electron chi connectivity index (χ4n) is 2.71. The van der Waals surface area contributed by atoms with Crippen LogP contribution in [0.25, 0.3) is 10.9 Å². The van der Waals surface area contributed by atoms with Crippen molar-refractivity contribution in [2.45, 2.75) is 24.0 Å². The Morgan fingerprint density at radius 1 is 1.43 bits per heavy atom. The summed E-state index contributed by atoms with van der Waals surface area (Å²) in [6.45, 7) is 0.862. The quantitative estimate of drug-likeness (QED) is 0.883. The van der Waals surface area contributed by atoms with Crippen LogP contribution in [0.15, 0.2) is 30.3 Å². The summed E-state index contributed by atoms with van der Waals surface area (Å²) in [6, 6.07) is 9.28. The number of aromatic carboxylic acids is 1. The molecule has 110 valence electrons. The minimum atomic E-state index is -0.993. The topological polar surface area (TPSA) is 62.2 Å². The molecule has 21 heavy (non-hydrogen) atoms. The van der Waals surface area contributed by atoms with Crippen LogP contribution < -0.4 is 5.32 Å². The van der Waals surface area contributed by atoms with Crippen molar-refractivity contribution >= 4 is 34.3 Å². The van der Waals surface area contributed by atoms with E-state index in [-0.39, 0.29) is 5.69 Å². The van der Waals surface area contributed by atoms with Crippen LogP contribution in [0, 0.1) is 0 Å². The van der Waals surface area contributed by atoms with Gasteiger partial charge in [-0.2, -0.15) is 11.8 Å². The highest BCUT2D eigenvalue weighted by Crippen LogP contribution is 2.43. The second kappa shape index (κ2) is 5.56. The van der Waals surface area contributed by atoms with Crippen molar-refractivity contribution in [2.75, 3.05) is 18.1 Å². The number of nitrogens with one attached hydrogen (secondary N) is 1. The highest BCUT2D eigenvalue weighted by molar-refractivity contribution is 8.00. The zero-order valence-electron chi connectivity index (χ0n) is 11.9. The Balaban J connectivity index is 1.94. The molecule has 1 aliphatic rings. The summed E-state index contributed by atoms with van der Waals surface area (Å²) in [5.41, 5.74) is 1.66. The number of pyridine rings is 1. The molecule has 1 fully saturated rings. The zero-order chi connectivity index (χ0) is 14.9. The Morgan fingerprint density at radius 3 is 2.81 bits per heavy atom. The summed E-state index contributed by atoms with van der Waals surface area (Å²) >= 11 is 1.90. The number of rotatable bonds is 5. The van der Waals surface area contributed by atoms with Gasteiger partial charge in [-0.3, -0.25) is 0 Å². The van der Waals surface area contributed by atoms with Gasteiger partial charge in [0.2, 0.25) is 0 Å². The largest absolute Gasteiger partial charge is 0.477 e. The fourth-order valence-corrected chi connectivity index (χ4v) is 3.63. The molecule has 0 atom stereocenters. The summed E-state index contributed by atoms with van der Waals surface area (Å²) in [7, 11) is 0. The number of fused-ring (bicyclic) bond motifs is 1. The zero-order valence-corrected chi connectivity index (χ0v) is 12.7. The first kappa shape index (κ1) is 14.2. The molecule has 4 nitrogen and oxygen atoms in total. The molecule has 1 aliphatic carbocycles. The lowest BCUT2D eigenvalue weighted by Crippen LogP contribution is -2.40. The molecule has 1 aromatic carbocycles. The van der Waals surface area contributed by atoms with E-state index < -0.39 is 5.97 Å². The predicted octanol–water partition coefficient (Wildman–Crippen LogP) is 3.63. The van der Waals surface area contributed by atoms with Gasteiger partial charge in [-0.05, 0) is 31.2 Å². The molecule has 0 aliphatic heterocycles. The molecule has 0 unspecified atom stereocenters. The number of nitrogens with zero attached hydrogens (tertiary/aromatic N) is 1. The van der Waals surface area contributed by atoms with Crippen molar-refractivity contribution in [3.63, 3.8) is 0 Å². The van der Waals surface area contributed by atoms with Crippen molar-refractivity contribution < 1.29 is 9.90 Å². The number of aromatic nitrogens is 1. The van der Waals surface area contributed by atoms with E-state index in [1.807, 2.05) is 36.0 Å². The normalized spacial score (nSPS) is 16.4. The number of carbonyl (C=O) groups is 1. The Hall–Kier alpha value is -1.75. The maximum atomic E-state index is 11.2. The van der Waals surface area contributed by atoms with Crippen molar-refractivity contribution in [2.24, 2.45) is 0 Å². The highest BCUT2D eigenvalue weighted by Gasteiger charge is 2.35. The van der Waals surface area contributed by atoms with E-state index >= 15 is 0 Å². The highest BCUT2D eigenvalue weighted by atomic mass is 32.2. The molecular weight excluding hydrogens is 284 g/mol. The molecule has 3 rings (SSSR count). The van der Waals surface area contributed by atoms with Gasteiger partial charge in [0.15, 0.2) is 5.69 Å². The van der Waals surface area contributed by atoms with E-state index in [9.17, 15) is 9.90 Å². The third kappa shape index (κ3) is 2.70. The van der Waals surface area contributed by atoms with Gasteiger partial charge in [-0.25, -0.2) is 9.78 Å². The van der Waals surface area contributed by atoms with Crippen LogP contribution in [0.4, 0.5) is 5.69 Å². The van der Waals surface area contributed by atoms with Gasteiger partial charge >= 0.3 is 5.97 Å². The first-order chi connectivity index (χ1) is 10.1. The van der Waals surface area contributed by atoms with Gasteiger partial charge in [0.1, 0.15) is 0 Å². The summed E-state index contributed by atoms with van der Waals surface area (Å²) in [6.07, 6.45) is 5.86. The first-order valence-corrected chi connectivity index (χ1v) is 8.28. The molecule has 1 saturated carbocycles. The van der Waals surface area contributed by atoms with E-state index in [0.717, 1.165) is 17.6 Å². The Morgan fingerprint density at radius 2 is 2.19 bits per heavy atom. The molecule has 2 aromatic rings. The molecule has 0 bridgehead atoms. The van der Waals surface area contributed by atoms with Crippen LogP contribution in [0.3, 0.4) is 0 Å². The summed E-state index contributed by atoms with van der Waals surface area (Å²) in [4.78, 5) is 15.4. The van der Waals surface area contributed by atoms with E-state index in [4.69, 9.17) is 0 Å². The first-order valence-electron chi connectivity index (χ1n) is 7.06. The van der Waals surface area contributed by atoms with Gasteiger partial charge in [0.25, 0.3) is 0 Å². The van der Waals surface area contributed by atoms with Crippen LogP contribution >= 0.6 is 11.8 Å². The predicted molar refractivity (Wildman–Crippen MR) is 87.3 cm³/mol. The molecule has 0 radical (unpaired) electrons. The van der Waals surface area contributed by atoms with E-state index in [1.165, 1.54) is 19.3 Å². The van der Waals surface area contributed by atoms with Crippen LogP contribution in [-0.4, -0.2) is 33.6 Å². The fraction of sp³-hybridized carbons (Fsp3) is 0.375. The lowest BCUT2D eigenvalue weighted by molar-refractivity contribution is 0.0691. The molecule has 2 N–H and O–H groups in total. The number of hydrogen-bond donors (Lipinski definition) is 2. The van der Waals surface area contributed by atoms with Crippen LogP contribution in [-0.2, 0) is 0 Å². The van der Waals surface area contributed by atoms with Crippen LogP contribution in [0.2, 0.25) is 0 Å². The monoisotopic (exact) mass is 302 g/mol. The number of carboxylic acids is 1. The van der Waals surface area contributed by atoms with Gasteiger partial charge in [-0.1, -0.05) is 24.6 Å². The van der Waals surface area contributed by atoms with Crippen LogP contribution in [0.5, 0.6) is 0 Å². The van der Waals surface area contributed by atoms with Gasteiger partial charge in [0, 0.05) is 22.4 Å².